The van der Waals surface area contributed by atoms with E-state index in [0.29, 0.717) is 5.82 Å². The van der Waals surface area contributed by atoms with Gasteiger partial charge in [0.05, 0.1) is 18.1 Å². The standard InChI is InChI=1S/C9H7BrN4/c10-7-1-6(2-12-3-7)8-4-13-5-9(11)14-8/h1-5H,(H2,11,14). The van der Waals surface area contributed by atoms with Crippen LogP contribution in [0.15, 0.2) is 35.3 Å². The average Bonchev–Trinajstić information content (AvgIpc) is 2.18. The first-order chi connectivity index (χ1) is 6.75. The lowest BCUT2D eigenvalue weighted by Crippen LogP contribution is -1.93. The van der Waals surface area contributed by atoms with Crippen molar-refractivity contribution in [2.45, 2.75) is 0 Å². The summed E-state index contributed by atoms with van der Waals surface area (Å²) in [5.41, 5.74) is 7.14. The van der Waals surface area contributed by atoms with Crippen LogP contribution in [0.2, 0.25) is 0 Å². The Morgan fingerprint density at radius 3 is 2.57 bits per heavy atom. The minimum absolute atomic E-state index is 0.405. The Bertz CT molecular complexity index is 415. The van der Waals surface area contributed by atoms with Crippen molar-refractivity contribution in [2.75, 3.05) is 5.73 Å². The van der Waals surface area contributed by atoms with Gasteiger partial charge in [0, 0.05) is 22.4 Å². The van der Waals surface area contributed by atoms with E-state index in [9.17, 15) is 0 Å². The van der Waals surface area contributed by atoms with Gasteiger partial charge in [-0.2, -0.15) is 0 Å². The molecule has 2 N–H and O–H groups in total. The largest absolute Gasteiger partial charge is 0.382 e. The van der Waals surface area contributed by atoms with Gasteiger partial charge in [0.25, 0.3) is 0 Å². The summed E-state index contributed by atoms with van der Waals surface area (Å²) in [5.74, 6) is 0.405. The van der Waals surface area contributed by atoms with Gasteiger partial charge in [-0.15, -0.1) is 0 Å². The molecule has 2 rings (SSSR count). The van der Waals surface area contributed by atoms with Crippen LogP contribution in [0.5, 0.6) is 0 Å². The van der Waals surface area contributed by atoms with E-state index in [0.717, 1.165) is 15.7 Å². The Morgan fingerprint density at radius 1 is 1.07 bits per heavy atom. The fourth-order valence-electron chi connectivity index (χ4n) is 1.07. The number of hydrogen-bond acceptors (Lipinski definition) is 4. The monoisotopic (exact) mass is 250 g/mol. The van der Waals surface area contributed by atoms with Gasteiger partial charge in [-0.3, -0.25) is 9.97 Å². The molecule has 2 heterocycles. The van der Waals surface area contributed by atoms with Crippen molar-refractivity contribution in [2.24, 2.45) is 0 Å². The van der Waals surface area contributed by atoms with Crippen molar-refractivity contribution in [1.82, 2.24) is 15.0 Å². The maximum atomic E-state index is 5.53. The SMILES string of the molecule is Nc1cncc(-c2cncc(Br)c2)n1. The maximum Gasteiger partial charge on any atom is 0.142 e. The minimum Gasteiger partial charge on any atom is -0.382 e. The lowest BCUT2D eigenvalue weighted by atomic mass is 10.2. The van der Waals surface area contributed by atoms with Crippen LogP contribution in [-0.2, 0) is 0 Å². The van der Waals surface area contributed by atoms with Gasteiger partial charge >= 0.3 is 0 Å². The van der Waals surface area contributed by atoms with Crippen LogP contribution in [-0.4, -0.2) is 15.0 Å². The lowest BCUT2D eigenvalue weighted by molar-refractivity contribution is 1.20. The zero-order valence-corrected chi connectivity index (χ0v) is 8.77. The summed E-state index contributed by atoms with van der Waals surface area (Å²) in [6.45, 7) is 0. The van der Waals surface area contributed by atoms with Crippen LogP contribution in [0.1, 0.15) is 0 Å². The number of anilines is 1. The van der Waals surface area contributed by atoms with E-state index in [2.05, 4.69) is 30.9 Å². The molecule has 0 aromatic carbocycles. The molecule has 0 spiro atoms. The number of nitrogen functional groups attached to an aromatic ring is 1. The molecule has 0 radical (unpaired) electrons. The number of rotatable bonds is 1. The van der Waals surface area contributed by atoms with E-state index in [4.69, 9.17) is 5.73 Å². The van der Waals surface area contributed by atoms with Crippen LogP contribution in [0.4, 0.5) is 5.82 Å². The topological polar surface area (TPSA) is 64.7 Å². The molecule has 0 saturated heterocycles. The first-order valence-corrected chi connectivity index (χ1v) is 4.73. The molecule has 0 unspecified atom stereocenters. The molecule has 14 heavy (non-hydrogen) atoms. The fourth-order valence-corrected chi connectivity index (χ4v) is 1.44. The van der Waals surface area contributed by atoms with E-state index < -0.39 is 0 Å². The predicted molar refractivity (Wildman–Crippen MR) is 57.4 cm³/mol. The van der Waals surface area contributed by atoms with Gasteiger partial charge in [-0.25, -0.2) is 4.98 Å². The van der Waals surface area contributed by atoms with Gasteiger partial charge in [0.15, 0.2) is 0 Å². The van der Waals surface area contributed by atoms with Crippen molar-refractivity contribution in [3.05, 3.63) is 35.3 Å². The average molecular weight is 251 g/mol. The van der Waals surface area contributed by atoms with Crippen molar-refractivity contribution >= 4 is 21.7 Å². The highest BCUT2D eigenvalue weighted by molar-refractivity contribution is 9.10. The Hall–Kier alpha value is -1.49. The number of nitrogens with two attached hydrogens (primary N) is 1. The van der Waals surface area contributed by atoms with Gasteiger partial charge in [-0.05, 0) is 22.0 Å². The number of halogens is 1. The van der Waals surface area contributed by atoms with E-state index in [1.54, 1.807) is 18.6 Å². The lowest BCUT2D eigenvalue weighted by Gasteiger charge is -2.00. The molecule has 70 valence electrons. The first kappa shape index (κ1) is 9.08. The Labute approximate surface area is 89.4 Å². The summed E-state index contributed by atoms with van der Waals surface area (Å²) in [5, 5.41) is 0. The molecule has 4 nitrogen and oxygen atoms in total. The number of hydrogen-bond donors (Lipinski definition) is 1. The fraction of sp³-hybridized carbons (Fsp3) is 0. The van der Waals surface area contributed by atoms with Gasteiger partial charge < -0.3 is 5.73 Å². The first-order valence-electron chi connectivity index (χ1n) is 3.94. The minimum atomic E-state index is 0.405. The molecule has 0 saturated carbocycles. The second kappa shape index (κ2) is 3.71. The predicted octanol–water partition coefficient (Wildman–Crippen LogP) is 1.88. The van der Waals surface area contributed by atoms with Crippen LogP contribution in [0.25, 0.3) is 11.3 Å². The molecule has 2 aromatic heterocycles. The van der Waals surface area contributed by atoms with Gasteiger partial charge in [-0.1, -0.05) is 0 Å². The smallest absolute Gasteiger partial charge is 0.142 e. The summed E-state index contributed by atoms with van der Waals surface area (Å²) in [6.07, 6.45) is 6.59. The molecule has 0 aliphatic rings. The zero-order chi connectivity index (χ0) is 9.97. The Balaban J connectivity index is 2.49. The van der Waals surface area contributed by atoms with Gasteiger partial charge in [0.1, 0.15) is 5.82 Å². The Kier molecular flexibility index (Phi) is 2.41. The van der Waals surface area contributed by atoms with Crippen LogP contribution in [0, 0.1) is 0 Å². The quantitative estimate of drug-likeness (QED) is 0.840. The molecule has 0 fully saturated rings. The number of nitrogens with zero attached hydrogens (tertiary/aromatic N) is 3. The molecule has 0 atom stereocenters. The maximum absolute atomic E-state index is 5.53. The molecular formula is C9H7BrN4. The molecule has 0 amide bonds. The molecule has 5 heteroatoms. The second-order valence-electron chi connectivity index (χ2n) is 2.72. The van der Waals surface area contributed by atoms with Crippen molar-refractivity contribution in [3.63, 3.8) is 0 Å². The van der Waals surface area contributed by atoms with E-state index in [-0.39, 0.29) is 0 Å². The third kappa shape index (κ3) is 1.88. The third-order valence-electron chi connectivity index (χ3n) is 1.65. The van der Waals surface area contributed by atoms with E-state index in [1.165, 1.54) is 6.20 Å². The van der Waals surface area contributed by atoms with Gasteiger partial charge in [0.2, 0.25) is 0 Å². The normalized spacial score (nSPS) is 10.1. The van der Waals surface area contributed by atoms with Crippen molar-refractivity contribution in [3.8, 4) is 11.3 Å². The van der Waals surface area contributed by atoms with Crippen LogP contribution < -0.4 is 5.73 Å². The summed E-state index contributed by atoms with van der Waals surface area (Å²) in [4.78, 5) is 12.1. The molecular weight excluding hydrogens is 244 g/mol. The molecule has 0 aliphatic carbocycles. The summed E-state index contributed by atoms with van der Waals surface area (Å²) in [7, 11) is 0. The highest BCUT2D eigenvalue weighted by Crippen LogP contribution is 2.19. The molecule has 2 aromatic rings. The number of aromatic nitrogens is 3. The number of pyridine rings is 1. The highest BCUT2D eigenvalue weighted by Gasteiger charge is 2.00. The Morgan fingerprint density at radius 2 is 1.86 bits per heavy atom. The van der Waals surface area contributed by atoms with E-state index >= 15 is 0 Å². The van der Waals surface area contributed by atoms with Crippen molar-refractivity contribution in [1.29, 1.82) is 0 Å². The summed E-state index contributed by atoms with van der Waals surface area (Å²) >= 11 is 3.34. The highest BCUT2D eigenvalue weighted by atomic mass is 79.9. The van der Waals surface area contributed by atoms with E-state index in [1.807, 2.05) is 6.07 Å². The molecule has 0 aliphatic heterocycles. The third-order valence-corrected chi connectivity index (χ3v) is 2.09. The molecule has 0 bridgehead atoms. The van der Waals surface area contributed by atoms with Crippen molar-refractivity contribution < 1.29 is 0 Å². The zero-order valence-electron chi connectivity index (χ0n) is 7.18. The summed E-state index contributed by atoms with van der Waals surface area (Å²) in [6, 6.07) is 1.91. The summed E-state index contributed by atoms with van der Waals surface area (Å²) < 4.78 is 0.902. The second-order valence-corrected chi connectivity index (χ2v) is 3.64. The van der Waals surface area contributed by atoms with Crippen LogP contribution in [0.3, 0.4) is 0 Å². The van der Waals surface area contributed by atoms with Crippen LogP contribution >= 0.6 is 15.9 Å².